The quantitative estimate of drug-likeness (QED) is 0.615. The second-order valence-electron chi connectivity index (χ2n) is 5.38. The summed E-state index contributed by atoms with van der Waals surface area (Å²) in [5.74, 6) is 0. The molecule has 0 aliphatic heterocycles. The SMILES string of the molecule is Cc1ccc(-c2nn(C)cc2-c2ccnc3[nH]ccc23)nc1. The van der Waals surface area contributed by atoms with E-state index in [1.165, 1.54) is 0 Å². The third-order valence-electron chi connectivity index (χ3n) is 3.73. The van der Waals surface area contributed by atoms with Gasteiger partial charge in [-0.3, -0.25) is 9.67 Å². The van der Waals surface area contributed by atoms with Gasteiger partial charge in [0, 0.05) is 42.8 Å². The minimum absolute atomic E-state index is 0.877. The Morgan fingerprint density at radius 1 is 1.05 bits per heavy atom. The van der Waals surface area contributed by atoms with Gasteiger partial charge < -0.3 is 4.98 Å². The Hall–Kier alpha value is -2.95. The van der Waals surface area contributed by atoms with Crippen LogP contribution in [0.4, 0.5) is 0 Å². The normalized spacial score (nSPS) is 11.2. The fraction of sp³-hybridized carbons (Fsp3) is 0.118. The van der Waals surface area contributed by atoms with Crippen LogP contribution in [0.1, 0.15) is 5.56 Å². The van der Waals surface area contributed by atoms with E-state index >= 15 is 0 Å². The van der Waals surface area contributed by atoms with Gasteiger partial charge in [-0.25, -0.2) is 4.98 Å². The van der Waals surface area contributed by atoms with Crippen molar-refractivity contribution in [1.29, 1.82) is 0 Å². The molecule has 1 N–H and O–H groups in total. The Labute approximate surface area is 127 Å². The number of fused-ring (bicyclic) bond motifs is 1. The molecule has 0 spiro atoms. The van der Waals surface area contributed by atoms with E-state index in [4.69, 9.17) is 0 Å². The van der Waals surface area contributed by atoms with Crippen LogP contribution in [-0.4, -0.2) is 24.7 Å². The lowest BCUT2D eigenvalue weighted by atomic mass is 10.0. The number of pyridine rings is 2. The first-order valence-electron chi connectivity index (χ1n) is 7.11. The largest absolute Gasteiger partial charge is 0.346 e. The average Bonchev–Trinajstić information content (AvgIpc) is 3.14. The van der Waals surface area contributed by atoms with Gasteiger partial charge >= 0.3 is 0 Å². The van der Waals surface area contributed by atoms with Crippen molar-refractivity contribution in [3.8, 4) is 22.5 Å². The van der Waals surface area contributed by atoms with E-state index in [-0.39, 0.29) is 0 Å². The van der Waals surface area contributed by atoms with Gasteiger partial charge in [0.05, 0.1) is 5.69 Å². The first-order chi connectivity index (χ1) is 10.7. The van der Waals surface area contributed by atoms with Gasteiger partial charge in [0.2, 0.25) is 0 Å². The maximum absolute atomic E-state index is 4.60. The topological polar surface area (TPSA) is 59.4 Å². The Morgan fingerprint density at radius 2 is 1.95 bits per heavy atom. The van der Waals surface area contributed by atoms with Crippen LogP contribution in [0.5, 0.6) is 0 Å². The molecule has 0 saturated heterocycles. The van der Waals surface area contributed by atoms with Crippen molar-refractivity contribution < 1.29 is 0 Å². The van der Waals surface area contributed by atoms with Crippen molar-refractivity contribution in [2.45, 2.75) is 6.92 Å². The molecular formula is C17H15N5. The summed E-state index contributed by atoms with van der Waals surface area (Å²) in [4.78, 5) is 12.0. The second kappa shape index (κ2) is 4.80. The van der Waals surface area contributed by atoms with Crippen LogP contribution in [0.2, 0.25) is 0 Å². The van der Waals surface area contributed by atoms with E-state index < -0.39 is 0 Å². The van der Waals surface area contributed by atoms with Crippen LogP contribution in [0.25, 0.3) is 33.5 Å². The van der Waals surface area contributed by atoms with Crippen LogP contribution in [0.15, 0.2) is 49.1 Å². The average molecular weight is 289 g/mol. The number of aryl methyl sites for hydroxylation is 2. The molecule has 0 radical (unpaired) electrons. The number of nitrogens with zero attached hydrogens (tertiary/aromatic N) is 4. The summed E-state index contributed by atoms with van der Waals surface area (Å²) in [7, 11) is 1.93. The Balaban J connectivity index is 1.96. The van der Waals surface area contributed by atoms with Crippen molar-refractivity contribution in [3.63, 3.8) is 0 Å². The van der Waals surface area contributed by atoms with E-state index in [0.717, 1.165) is 39.1 Å². The maximum Gasteiger partial charge on any atom is 0.137 e. The summed E-state index contributed by atoms with van der Waals surface area (Å²) in [5, 5.41) is 5.69. The highest BCUT2D eigenvalue weighted by Crippen LogP contribution is 2.33. The maximum atomic E-state index is 4.60. The van der Waals surface area contributed by atoms with Gasteiger partial charge in [0.1, 0.15) is 11.3 Å². The smallest absolute Gasteiger partial charge is 0.137 e. The monoisotopic (exact) mass is 289 g/mol. The molecule has 5 heteroatoms. The lowest BCUT2D eigenvalue weighted by molar-refractivity contribution is 0.770. The lowest BCUT2D eigenvalue weighted by Crippen LogP contribution is -1.90. The molecule has 108 valence electrons. The van der Waals surface area contributed by atoms with E-state index in [2.05, 4.69) is 26.1 Å². The van der Waals surface area contributed by atoms with Gasteiger partial charge in [-0.1, -0.05) is 6.07 Å². The first-order valence-corrected chi connectivity index (χ1v) is 7.11. The molecule has 0 fully saturated rings. The molecule has 4 aromatic heterocycles. The third kappa shape index (κ3) is 1.98. The van der Waals surface area contributed by atoms with Crippen LogP contribution < -0.4 is 0 Å². The van der Waals surface area contributed by atoms with Gasteiger partial charge in [0.15, 0.2) is 0 Å². The van der Waals surface area contributed by atoms with Crippen LogP contribution >= 0.6 is 0 Å². The van der Waals surface area contributed by atoms with Crippen molar-refractivity contribution >= 4 is 11.0 Å². The second-order valence-corrected chi connectivity index (χ2v) is 5.38. The molecule has 4 heterocycles. The van der Waals surface area contributed by atoms with Crippen molar-refractivity contribution in [1.82, 2.24) is 24.7 Å². The molecule has 0 amide bonds. The van der Waals surface area contributed by atoms with E-state index in [1.54, 1.807) is 0 Å². The highest BCUT2D eigenvalue weighted by atomic mass is 15.3. The molecule has 0 aliphatic carbocycles. The van der Waals surface area contributed by atoms with Crippen LogP contribution in [0, 0.1) is 6.92 Å². The molecule has 4 aromatic rings. The van der Waals surface area contributed by atoms with Crippen molar-refractivity contribution in [3.05, 3.63) is 54.6 Å². The van der Waals surface area contributed by atoms with Gasteiger partial charge in [0.25, 0.3) is 0 Å². The van der Waals surface area contributed by atoms with E-state index in [1.807, 2.05) is 61.6 Å². The number of rotatable bonds is 2. The van der Waals surface area contributed by atoms with Crippen LogP contribution in [0.3, 0.4) is 0 Å². The number of hydrogen-bond donors (Lipinski definition) is 1. The summed E-state index contributed by atoms with van der Waals surface area (Å²) in [6, 6.07) is 8.12. The predicted octanol–water partition coefficient (Wildman–Crippen LogP) is 3.33. The molecule has 0 atom stereocenters. The predicted molar refractivity (Wildman–Crippen MR) is 86.3 cm³/mol. The highest BCUT2D eigenvalue weighted by molar-refractivity contribution is 5.96. The minimum Gasteiger partial charge on any atom is -0.346 e. The molecule has 0 bridgehead atoms. The van der Waals surface area contributed by atoms with Gasteiger partial charge in [-0.15, -0.1) is 0 Å². The summed E-state index contributed by atoms with van der Waals surface area (Å²) < 4.78 is 1.82. The zero-order valence-corrected chi connectivity index (χ0v) is 12.4. The Bertz CT molecular complexity index is 947. The molecule has 0 unspecified atom stereocenters. The summed E-state index contributed by atoms with van der Waals surface area (Å²) >= 11 is 0. The summed E-state index contributed by atoms with van der Waals surface area (Å²) in [5.41, 5.74) is 5.95. The van der Waals surface area contributed by atoms with Crippen molar-refractivity contribution in [2.24, 2.45) is 7.05 Å². The van der Waals surface area contributed by atoms with Crippen molar-refractivity contribution in [2.75, 3.05) is 0 Å². The molecule has 22 heavy (non-hydrogen) atoms. The fourth-order valence-corrected chi connectivity index (χ4v) is 2.68. The Morgan fingerprint density at radius 3 is 2.77 bits per heavy atom. The Kier molecular flexibility index (Phi) is 2.79. The first kappa shape index (κ1) is 12.8. The standard InChI is InChI=1S/C17H15N5/c1-11-3-4-15(20-9-11)16-14(10-22(2)21-16)12-5-7-18-17-13(12)6-8-19-17/h3-10H,1-2H3,(H,18,19). The lowest BCUT2D eigenvalue weighted by Gasteiger charge is -2.04. The zero-order chi connectivity index (χ0) is 15.1. The molecule has 0 saturated carbocycles. The van der Waals surface area contributed by atoms with E-state index in [9.17, 15) is 0 Å². The zero-order valence-electron chi connectivity index (χ0n) is 12.4. The molecular weight excluding hydrogens is 274 g/mol. The number of hydrogen-bond acceptors (Lipinski definition) is 3. The molecule has 0 aliphatic rings. The number of aromatic nitrogens is 5. The minimum atomic E-state index is 0.877. The van der Waals surface area contributed by atoms with Gasteiger partial charge in [-0.05, 0) is 36.2 Å². The van der Waals surface area contributed by atoms with E-state index in [0.29, 0.717) is 0 Å². The third-order valence-corrected chi connectivity index (χ3v) is 3.73. The van der Waals surface area contributed by atoms with Crippen LogP contribution in [-0.2, 0) is 7.05 Å². The molecule has 5 nitrogen and oxygen atoms in total. The highest BCUT2D eigenvalue weighted by Gasteiger charge is 2.15. The molecule has 0 aromatic carbocycles. The summed E-state index contributed by atoms with van der Waals surface area (Å²) in [6.45, 7) is 2.03. The number of nitrogens with one attached hydrogen (secondary N) is 1. The summed E-state index contributed by atoms with van der Waals surface area (Å²) in [6.07, 6.45) is 7.61. The fourth-order valence-electron chi connectivity index (χ4n) is 2.68. The van der Waals surface area contributed by atoms with Gasteiger partial charge in [-0.2, -0.15) is 5.10 Å². The number of aromatic amines is 1. The number of H-pyrrole nitrogens is 1. The molecule has 4 rings (SSSR count).